The van der Waals surface area contributed by atoms with Crippen molar-refractivity contribution in [2.45, 2.75) is 18.9 Å². The minimum absolute atomic E-state index is 0.0855. The van der Waals surface area contributed by atoms with Crippen LogP contribution in [-0.2, 0) is 11.3 Å². The molecule has 3 heterocycles. The first-order valence-electron chi connectivity index (χ1n) is 9.39. The average Bonchev–Trinajstić information content (AvgIpc) is 3.47. The molecule has 0 bridgehead atoms. The van der Waals surface area contributed by atoms with Crippen LogP contribution < -0.4 is 4.74 Å². The lowest BCUT2D eigenvalue weighted by molar-refractivity contribution is -0.128. The van der Waals surface area contributed by atoms with Gasteiger partial charge in [0.05, 0.1) is 12.6 Å². The number of H-pyrrole nitrogens is 1. The van der Waals surface area contributed by atoms with Crippen LogP contribution >= 0.6 is 0 Å². The number of hydrogen-bond donors (Lipinski definition) is 1. The van der Waals surface area contributed by atoms with Gasteiger partial charge in [-0.25, -0.2) is 0 Å². The van der Waals surface area contributed by atoms with Gasteiger partial charge in [0.2, 0.25) is 5.91 Å². The van der Waals surface area contributed by atoms with E-state index < -0.39 is 0 Å². The van der Waals surface area contributed by atoms with Gasteiger partial charge in [-0.15, -0.1) is 0 Å². The van der Waals surface area contributed by atoms with Gasteiger partial charge in [-0.1, -0.05) is 35.5 Å². The third kappa shape index (κ3) is 3.22. The molecule has 0 aliphatic carbocycles. The van der Waals surface area contributed by atoms with Gasteiger partial charge in [-0.3, -0.25) is 9.89 Å². The summed E-state index contributed by atoms with van der Waals surface area (Å²) < 4.78 is 10.6. The van der Waals surface area contributed by atoms with Gasteiger partial charge in [-0.05, 0) is 23.8 Å². The lowest BCUT2D eigenvalue weighted by Crippen LogP contribution is -2.24. The minimum Gasteiger partial charge on any atom is -0.497 e. The normalized spacial score (nSPS) is 16.7. The number of aromatic nitrogens is 4. The molecule has 1 fully saturated rings. The maximum absolute atomic E-state index is 12.5. The Bertz CT molecular complexity index is 1160. The number of nitrogens with zero attached hydrogens (tertiary/aromatic N) is 4. The highest BCUT2D eigenvalue weighted by Crippen LogP contribution is 2.30. The first kappa shape index (κ1) is 17.4. The molecule has 8 heteroatoms. The van der Waals surface area contributed by atoms with Crippen molar-refractivity contribution in [3.63, 3.8) is 0 Å². The Morgan fingerprint density at radius 1 is 1.21 bits per heavy atom. The van der Waals surface area contributed by atoms with Crippen LogP contribution in [0, 0.1) is 0 Å². The molecule has 5 rings (SSSR count). The maximum Gasteiger partial charge on any atom is 0.279 e. The topological polar surface area (TPSA) is 97.1 Å². The minimum atomic E-state index is -0.0940. The zero-order chi connectivity index (χ0) is 19.8. The number of para-hydroxylation sites is 1. The first-order chi connectivity index (χ1) is 14.2. The van der Waals surface area contributed by atoms with E-state index in [0.717, 1.165) is 22.2 Å². The number of benzene rings is 2. The van der Waals surface area contributed by atoms with Crippen molar-refractivity contribution in [3.8, 4) is 17.3 Å². The van der Waals surface area contributed by atoms with E-state index in [9.17, 15) is 4.79 Å². The summed E-state index contributed by atoms with van der Waals surface area (Å²) in [5.41, 5.74) is 2.58. The third-order valence-electron chi connectivity index (χ3n) is 5.23. The lowest BCUT2D eigenvalue weighted by atomic mass is 10.1. The Kier molecular flexibility index (Phi) is 4.23. The third-order valence-corrected chi connectivity index (χ3v) is 5.23. The standard InChI is InChI=1S/C21H19N5O3/c1-28-15-8-6-13(7-9-15)11-26-12-14(10-18(26)27)20-22-21(29-25-20)19-16-4-2-3-5-17(16)23-24-19/h2-9,14H,10-12H2,1H3,(H,23,24). The van der Waals surface area contributed by atoms with Crippen molar-refractivity contribution in [1.82, 2.24) is 25.2 Å². The van der Waals surface area contributed by atoms with Crippen LogP contribution in [0.25, 0.3) is 22.5 Å². The van der Waals surface area contributed by atoms with Gasteiger partial charge in [0.1, 0.15) is 5.75 Å². The number of rotatable bonds is 5. The van der Waals surface area contributed by atoms with Gasteiger partial charge in [0.25, 0.3) is 5.89 Å². The van der Waals surface area contributed by atoms with Crippen LogP contribution in [0.1, 0.15) is 23.7 Å². The summed E-state index contributed by atoms with van der Waals surface area (Å²) in [4.78, 5) is 18.8. The molecule has 0 saturated carbocycles. The summed E-state index contributed by atoms with van der Waals surface area (Å²) >= 11 is 0. The monoisotopic (exact) mass is 389 g/mol. The van der Waals surface area contributed by atoms with Crippen molar-refractivity contribution in [1.29, 1.82) is 0 Å². The molecule has 4 aromatic rings. The second kappa shape index (κ2) is 7.05. The molecule has 1 saturated heterocycles. The number of carbonyl (C=O) groups excluding carboxylic acids is 1. The highest BCUT2D eigenvalue weighted by atomic mass is 16.5. The van der Waals surface area contributed by atoms with E-state index in [0.29, 0.717) is 36.9 Å². The summed E-state index contributed by atoms with van der Waals surface area (Å²) in [5, 5.41) is 12.3. The number of amides is 1. The predicted molar refractivity (Wildman–Crippen MR) is 105 cm³/mol. The molecule has 0 radical (unpaired) electrons. The number of carbonyl (C=O) groups is 1. The Labute approximate surface area is 166 Å². The fourth-order valence-corrected chi connectivity index (χ4v) is 3.67. The molecule has 8 nitrogen and oxygen atoms in total. The summed E-state index contributed by atoms with van der Waals surface area (Å²) in [5.74, 6) is 1.69. The Morgan fingerprint density at radius 2 is 2.03 bits per heavy atom. The Balaban J connectivity index is 1.32. The van der Waals surface area contributed by atoms with E-state index in [1.54, 1.807) is 7.11 Å². The Morgan fingerprint density at radius 3 is 2.86 bits per heavy atom. The zero-order valence-electron chi connectivity index (χ0n) is 15.8. The maximum atomic E-state index is 12.5. The highest BCUT2D eigenvalue weighted by Gasteiger charge is 2.34. The summed E-state index contributed by atoms with van der Waals surface area (Å²) in [6.45, 7) is 1.11. The number of nitrogens with one attached hydrogen (secondary N) is 1. The largest absolute Gasteiger partial charge is 0.497 e. The molecule has 1 aliphatic rings. The lowest BCUT2D eigenvalue weighted by Gasteiger charge is -2.16. The van der Waals surface area contributed by atoms with Crippen LogP contribution in [0.15, 0.2) is 53.1 Å². The number of hydrogen-bond acceptors (Lipinski definition) is 6. The van der Waals surface area contributed by atoms with Crippen LogP contribution in [0.3, 0.4) is 0 Å². The molecule has 2 aromatic heterocycles. The van der Waals surface area contributed by atoms with Crippen LogP contribution in [0.5, 0.6) is 5.75 Å². The fourth-order valence-electron chi connectivity index (χ4n) is 3.67. The molecule has 1 atom stereocenters. The van der Waals surface area contributed by atoms with Gasteiger partial charge in [-0.2, -0.15) is 10.1 Å². The Hall–Kier alpha value is -3.68. The van der Waals surface area contributed by atoms with Crippen molar-refractivity contribution in [2.24, 2.45) is 0 Å². The van der Waals surface area contributed by atoms with Crippen LogP contribution in [-0.4, -0.2) is 44.8 Å². The van der Waals surface area contributed by atoms with Crippen molar-refractivity contribution < 1.29 is 14.1 Å². The average molecular weight is 389 g/mol. The fraction of sp³-hybridized carbons (Fsp3) is 0.238. The number of likely N-dealkylation sites (tertiary alicyclic amines) is 1. The molecule has 2 aromatic carbocycles. The first-order valence-corrected chi connectivity index (χ1v) is 9.39. The summed E-state index contributed by atoms with van der Waals surface area (Å²) in [6, 6.07) is 15.5. The summed E-state index contributed by atoms with van der Waals surface area (Å²) in [7, 11) is 1.63. The molecule has 1 unspecified atom stereocenters. The SMILES string of the molecule is COc1ccc(CN2CC(c3noc(-c4n[nH]c5ccccc45)n3)CC2=O)cc1. The zero-order valence-corrected chi connectivity index (χ0v) is 15.8. The highest BCUT2D eigenvalue weighted by molar-refractivity contribution is 5.90. The van der Waals surface area contributed by atoms with Gasteiger partial charge >= 0.3 is 0 Å². The molecular formula is C21H19N5O3. The molecule has 29 heavy (non-hydrogen) atoms. The van der Waals surface area contributed by atoms with Gasteiger partial charge in [0.15, 0.2) is 11.5 Å². The van der Waals surface area contributed by atoms with Crippen LogP contribution in [0.2, 0.25) is 0 Å². The van der Waals surface area contributed by atoms with Crippen LogP contribution in [0.4, 0.5) is 0 Å². The number of aromatic amines is 1. The molecule has 146 valence electrons. The van der Waals surface area contributed by atoms with E-state index in [1.165, 1.54) is 0 Å². The smallest absolute Gasteiger partial charge is 0.279 e. The van der Waals surface area contributed by atoms with Crippen molar-refractivity contribution in [2.75, 3.05) is 13.7 Å². The molecular weight excluding hydrogens is 370 g/mol. The quantitative estimate of drug-likeness (QED) is 0.563. The van der Waals surface area contributed by atoms with E-state index in [1.807, 2.05) is 53.4 Å². The molecule has 1 N–H and O–H groups in total. The number of ether oxygens (including phenoxy) is 1. The van der Waals surface area contributed by atoms with E-state index >= 15 is 0 Å². The van der Waals surface area contributed by atoms with E-state index in [2.05, 4.69) is 20.3 Å². The van der Waals surface area contributed by atoms with Crippen molar-refractivity contribution >= 4 is 16.8 Å². The second-order valence-corrected chi connectivity index (χ2v) is 7.10. The van der Waals surface area contributed by atoms with Gasteiger partial charge < -0.3 is 14.2 Å². The van der Waals surface area contributed by atoms with E-state index in [-0.39, 0.29) is 11.8 Å². The summed E-state index contributed by atoms with van der Waals surface area (Å²) in [6.07, 6.45) is 0.371. The molecule has 1 aliphatic heterocycles. The number of fused-ring (bicyclic) bond motifs is 1. The molecule has 0 spiro atoms. The van der Waals surface area contributed by atoms with Gasteiger partial charge in [0, 0.05) is 30.8 Å². The molecule has 1 amide bonds. The second-order valence-electron chi connectivity index (χ2n) is 7.10. The van der Waals surface area contributed by atoms with E-state index in [4.69, 9.17) is 9.26 Å². The predicted octanol–water partition coefficient (Wildman–Crippen LogP) is 3.14. The van der Waals surface area contributed by atoms with Crippen molar-refractivity contribution in [3.05, 3.63) is 59.9 Å². The number of methoxy groups -OCH3 is 1.